The molecule has 0 aromatic carbocycles. The van der Waals surface area contributed by atoms with Gasteiger partial charge in [0.2, 0.25) is 10.0 Å². The molecule has 0 aromatic rings. The highest BCUT2D eigenvalue weighted by Gasteiger charge is 2.42. The maximum absolute atomic E-state index is 11.1. The van der Waals surface area contributed by atoms with Crippen molar-refractivity contribution in [3.63, 3.8) is 0 Å². The predicted octanol–water partition coefficient (Wildman–Crippen LogP) is -1.07. The van der Waals surface area contributed by atoms with Crippen LogP contribution >= 0.6 is 12.4 Å². The van der Waals surface area contributed by atoms with E-state index in [-0.39, 0.29) is 17.7 Å². The summed E-state index contributed by atoms with van der Waals surface area (Å²) in [5.41, 5.74) is 0. The summed E-state index contributed by atoms with van der Waals surface area (Å²) in [4.78, 5) is 0. The number of hydrogen-bond acceptors (Lipinski definition) is 3. The van der Waals surface area contributed by atoms with Gasteiger partial charge in [-0.15, -0.1) is 12.4 Å². The minimum Gasteiger partial charge on any atom is -0.315 e. The molecule has 2 rings (SSSR count). The molecule has 0 spiro atoms. The predicted molar refractivity (Wildman–Crippen MR) is 44.3 cm³/mol. The zero-order valence-electron chi connectivity index (χ0n) is 5.91. The summed E-state index contributed by atoms with van der Waals surface area (Å²) in [5, 5.41) is 2.90. The van der Waals surface area contributed by atoms with Crippen LogP contribution in [0.4, 0.5) is 0 Å². The average molecular weight is 199 g/mol. The second-order valence-corrected chi connectivity index (χ2v) is 4.83. The first-order chi connectivity index (χ1) is 4.70. The first-order valence-electron chi connectivity index (χ1n) is 3.39. The molecular weight excluding hydrogens is 188 g/mol. The van der Waals surface area contributed by atoms with Crippen LogP contribution in [-0.2, 0) is 10.0 Å². The summed E-state index contributed by atoms with van der Waals surface area (Å²) >= 11 is 0. The zero-order chi connectivity index (χ0) is 7.19. The van der Waals surface area contributed by atoms with Gasteiger partial charge in [0.15, 0.2) is 0 Å². The molecule has 4 nitrogen and oxygen atoms in total. The lowest BCUT2D eigenvalue weighted by Crippen LogP contribution is -2.28. The van der Waals surface area contributed by atoms with E-state index in [9.17, 15) is 8.42 Å². The maximum Gasteiger partial charge on any atom is 0.216 e. The van der Waals surface area contributed by atoms with Gasteiger partial charge in [0, 0.05) is 25.6 Å². The van der Waals surface area contributed by atoms with E-state index in [1.807, 2.05) is 0 Å². The van der Waals surface area contributed by atoms with Crippen LogP contribution in [0.3, 0.4) is 0 Å². The highest BCUT2D eigenvalue weighted by atomic mass is 35.5. The number of fused-ring (bicyclic) bond motifs is 1. The monoisotopic (exact) mass is 198 g/mol. The van der Waals surface area contributed by atoms with Crippen LogP contribution in [0.1, 0.15) is 0 Å². The third-order valence-electron chi connectivity index (χ3n) is 2.22. The van der Waals surface area contributed by atoms with Crippen LogP contribution in [0.5, 0.6) is 0 Å². The highest BCUT2D eigenvalue weighted by molar-refractivity contribution is 7.90. The van der Waals surface area contributed by atoms with E-state index >= 15 is 0 Å². The fraction of sp³-hybridized carbons (Fsp3) is 1.00. The highest BCUT2D eigenvalue weighted by Crippen LogP contribution is 2.21. The molecule has 0 aliphatic carbocycles. The number of halogens is 1. The van der Waals surface area contributed by atoms with E-state index in [0.717, 1.165) is 6.54 Å². The summed E-state index contributed by atoms with van der Waals surface area (Å²) in [7, 11) is -2.94. The quantitative estimate of drug-likeness (QED) is 0.521. The normalized spacial score (nSPS) is 39.6. The van der Waals surface area contributed by atoms with Crippen LogP contribution in [0.2, 0.25) is 0 Å². The van der Waals surface area contributed by atoms with Gasteiger partial charge in [-0.25, -0.2) is 13.1 Å². The summed E-state index contributed by atoms with van der Waals surface area (Å²) in [6, 6.07) is 0. The molecule has 2 N–H and O–H groups in total. The Hall–Kier alpha value is 0.160. The van der Waals surface area contributed by atoms with Crippen molar-refractivity contribution in [1.29, 1.82) is 0 Å². The van der Waals surface area contributed by atoms with Crippen molar-refractivity contribution in [3.05, 3.63) is 0 Å². The molecule has 6 heteroatoms. The fourth-order valence-electron chi connectivity index (χ4n) is 1.61. The van der Waals surface area contributed by atoms with E-state index in [0.29, 0.717) is 19.0 Å². The van der Waals surface area contributed by atoms with Crippen molar-refractivity contribution < 1.29 is 8.42 Å². The maximum atomic E-state index is 11.1. The summed E-state index contributed by atoms with van der Waals surface area (Å²) in [6.45, 7) is 2.09. The fourth-order valence-corrected chi connectivity index (χ4v) is 3.30. The molecule has 2 aliphatic heterocycles. The minimum atomic E-state index is -2.94. The van der Waals surface area contributed by atoms with Gasteiger partial charge in [-0.2, -0.15) is 0 Å². The number of sulfonamides is 1. The Balaban J connectivity index is 0.000000605. The van der Waals surface area contributed by atoms with Gasteiger partial charge < -0.3 is 5.32 Å². The topological polar surface area (TPSA) is 58.2 Å². The van der Waals surface area contributed by atoms with Gasteiger partial charge in [-0.1, -0.05) is 0 Å². The Morgan fingerprint density at radius 1 is 1.18 bits per heavy atom. The molecule has 0 aromatic heterocycles. The molecular formula is C5H11ClN2O2S. The Morgan fingerprint density at radius 3 is 2.55 bits per heavy atom. The molecule has 2 saturated heterocycles. The smallest absolute Gasteiger partial charge is 0.216 e. The van der Waals surface area contributed by atoms with Gasteiger partial charge in [0.1, 0.15) is 0 Å². The van der Waals surface area contributed by atoms with Gasteiger partial charge in [0.25, 0.3) is 0 Å². The number of nitrogens with one attached hydrogen (secondary N) is 2. The molecule has 11 heavy (non-hydrogen) atoms. The van der Waals surface area contributed by atoms with Crippen molar-refractivity contribution in [2.45, 2.75) is 5.25 Å². The second-order valence-electron chi connectivity index (χ2n) is 2.85. The SMILES string of the molecule is Cl.O=S1(=O)NC[C@@H]2CNC[C@@H]21. The second kappa shape index (κ2) is 2.90. The Kier molecular flexibility index (Phi) is 2.43. The lowest BCUT2D eigenvalue weighted by atomic mass is 10.1. The van der Waals surface area contributed by atoms with Crippen LogP contribution < -0.4 is 10.0 Å². The summed E-state index contributed by atoms with van der Waals surface area (Å²) in [5.74, 6) is 0.310. The van der Waals surface area contributed by atoms with Crippen molar-refractivity contribution in [3.8, 4) is 0 Å². The van der Waals surface area contributed by atoms with Crippen LogP contribution in [0.25, 0.3) is 0 Å². The van der Waals surface area contributed by atoms with Gasteiger partial charge in [-0.3, -0.25) is 0 Å². The number of rotatable bonds is 0. The minimum absolute atomic E-state index is 0. The molecule has 0 radical (unpaired) electrons. The van der Waals surface area contributed by atoms with Gasteiger partial charge >= 0.3 is 0 Å². The van der Waals surface area contributed by atoms with Gasteiger partial charge in [-0.05, 0) is 0 Å². The summed E-state index contributed by atoms with van der Waals surface area (Å²) in [6.07, 6.45) is 0. The molecule has 0 amide bonds. The molecule has 2 aliphatic rings. The van der Waals surface area contributed by atoms with Crippen molar-refractivity contribution >= 4 is 22.4 Å². The van der Waals surface area contributed by atoms with E-state index < -0.39 is 10.0 Å². The Labute approximate surface area is 72.2 Å². The Bertz CT molecular complexity index is 241. The summed E-state index contributed by atoms with van der Waals surface area (Å²) < 4.78 is 24.7. The van der Waals surface area contributed by atoms with Crippen molar-refractivity contribution in [2.24, 2.45) is 5.92 Å². The standard InChI is InChI=1S/C5H10N2O2S.ClH/c8-10(9)5-3-6-1-4(5)2-7-10;/h4-7H,1-3H2;1H/t4-,5-;/m0./s1. The van der Waals surface area contributed by atoms with Crippen LogP contribution in [-0.4, -0.2) is 33.3 Å². The molecule has 2 atom stereocenters. The third kappa shape index (κ3) is 1.38. The van der Waals surface area contributed by atoms with Crippen LogP contribution in [0.15, 0.2) is 0 Å². The average Bonchev–Trinajstić information content (AvgIpc) is 2.36. The van der Waals surface area contributed by atoms with E-state index in [4.69, 9.17) is 0 Å². The largest absolute Gasteiger partial charge is 0.315 e. The Morgan fingerprint density at radius 2 is 1.91 bits per heavy atom. The van der Waals surface area contributed by atoms with Crippen LogP contribution in [0, 0.1) is 5.92 Å². The van der Waals surface area contributed by atoms with E-state index in [2.05, 4.69) is 10.0 Å². The van der Waals surface area contributed by atoms with Gasteiger partial charge in [0.05, 0.1) is 5.25 Å². The molecule has 2 fully saturated rings. The molecule has 0 bridgehead atoms. The lowest BCUT2D eigenvalue weighted by Gasteiger charge is -2.01. The molecule has 0 saturated carbocycles. The molecule has 0 unspecified atom stereocenters. The third-order valence-corrected chi connectivity index (χ3v) is 4.14. The van der Waals surface area contributed by atoms with E-state index in [1.54, 1.807) is 0 Å². The zero-order valence-corrected chi connectivity index (χ0v) is 7.54. The first kappa shape index (κ1) is 9.25. The molecule has 66 valence electrons. The van der Waals surface area contributed by atoms with E-state index in [1.165, 1.54) is 0 Å². The lowest BCUT2D eigenvalue weighted by molar-refractivity contribution is 0.582. The molecule has 2 heterocycles. The number of hydrogen-bond donors (Lipinski definition) is 2. The van der Waals surface area contributed by atoms with Crippen molar-refractivity contribution in [1.82, 2.24) is 10.0 Å². The first-order valence-corrected chi connectivity index (χ1v) is 4.94. The van der Waals surface area contributed by atoms with Crippen molar-refractivity contribution in [2.75, 3.05) is 19.6 Å².